The molecule has 0 saturated heterocycles. The molecule has 2 aliphatic carbocycles. The van der Waals surface area contributed by atoms with Crippen LogP contribution < -0.4 is 20.1 Å². The van der Waals surface area contributed by atoms with Gasteiger partial charge in [0.05, 0.1) is 30.1 Å². The Labute approximate surface area is 286 Å². The van der Waals surface area contributed by atoms with Gasteiger partial charge in [-0.25, -0.2) is 17.6 Å². The largest absolute Gasteiger partial charge is 0.501 e. The molecule has 0 aromatic heterocycles. The van der Waals surface area contributed by atoms with Crippen LogP contribution in [0.4, 0.5) is 23.2 Å². The number of nitrogens with one attached hydrogen (secondary N) is 2. The molecule has 2 amide bonds. The molecule has 3 aromatic carbocycles. The van der Waals surface area contributed by atoms with Crippen molar-refractivity contribution < 1.29 is 54.6 Å². The Kier molecular flexibility index (Phi) is 11.0. The first kappa shape index (κ1) is 36.6. The molecule has 3 aromatic rings. The first-order valence-electron chi connectivity index (χ1n) is 16.0. The number of carbonyl (C=O) groups excluding carboxylic acids is 3. The number of ether oxygens (including phenoxy) is 3. The molecule has 50 heavy (non-hydrogen) atoms. The molecule has 268 valence electrons. The third-order valence-corrected chi connectivity index (χ3v) is 10.5. The Morgan fingerprint density at radius 2 is 1.70 bits per heavy atom. The van der Waals surface area contributed by atoms with Crippen LogP contribution in [-0.2, 0) is 24.2 Å². The van der Waals surface area contributed by atoms with E-state index in [1.807, 2.05) is 6.92 Å². The number of benzene rings is 3. The normalized spacial score (nSPS) is 19.9. The van der Waals surface area contributed by atoms with E-state index in [9.17, 15) is 36.0 Å². The van der Waals surface area contributed by atoms with E-state index in [1.165, 1.54) is 19.2 Å². The zero-order chi connectivity index (χ0) is 36.2. The fraction of sp³-hybridized carbons (Fsp3) is 0.400. The van der Waals surface area contributed by atoms with Crippen molar-refractivity contribution in [3.8, 4) is 22.6 Å². The molecule has 0 spiro atoms. The molecule has 0 aliphatic heterocycles. The summed E-state index contributed by atoms with van der Waals surface area (Å²) in [4.78, 5) is 38.1. The van der Waals surface area contributed by atoms with Crippen molar-refractivity contribution in [2.45, 2.75) is 55.5 Å². The molecule has 0 heterocycles. The summed E-state index contributed by atoms with van der Waals surface area (Å²) in [5.74, 6) is -3.04. The van der Waals surface area contributed by atoms with E-state index in [4.69, 9.17) is 14.2 Å². The third-order valence-electron chi connectivity index (χ3n) is 9.05. The second kappa shape index (κ2) is 15.1. The lowest BCUT2D eigenvalue weighted by molar-refractivity contribution is -0.146. The van der Waals surface area contributed by atoms with Gasteiger partial charge < -0.3 is 24.8 Å². The highest BCUT2D eigenvalue weighted by molar-refractivity contribution is 7.92. The van der Waals surface area contributed by atoms with Crippen molar-refractivity contribution in [1.29, 1.82) is 0 Å². The number of fused-ring (bicyclic) bond motifs is 2. The lowest BCUT2D eigenvalue weighted by Crippen LogP contribution is -2.48. The Balaban J connectivity index is 1.31. The van der Waals surface area contributed by atoms with Crippen LogP contribution in [0.25, 0.3) is 11.1 Å². The second-order valence-electron chi connectivity index (χ2n) is 12.2. The molecule has 2 aliphatic rings. The maximum atomic E-state index is 15.3. The van der Waals surface area contributed by atoms with E-state index in [2.05, 4.69) is 10.6 Å². The lowest BCUT2D eigenvalue weighted by Gasteiger charge is -2.31. The van der Waals surface area contributed by atoms with E-state index in [1.54, 1.807) is 24.3 Å². The molecular weight excluding hydrogens is 684 g/mol. The van der Waals surface area contributed by atoms with Gasteiger partial charge in [-0.3, -0.25) is 9.59 Å². The van der Waals surface area contributed by atoms with Gasteiger partial charge in [0.1, 0.15) is 17.3 Å². The third kappa shape index (κ3) is 7.87. The predicted molar refractivity (Wildman–Crippen MR) is 174 cm³/mol. The summed E-state index contributed by atoms with van der Waals surface area (Å²) < 4.78 is 94.3. The van der Waals surface area contributed by atoms with Crippen molar-refractivity contribution in [3.63, 3.8) is 0 Å². The number of hydrogen-bond donors (Lipinski definition) is 2. The standard InChI is InChI=1S/C35H36F4N2O8S/c1-3-4-14-48-30(42)19-49-24-12-10-20(11-13-24)26-17-27(29(47-2)18-28(26)36)33(43)41-32-22-9-8-21(15-22)31(32)34(44)40-23-6-5-7-25(16-23)50(45,46)35(37,38)39/h5-7,10-13,16-18,21-22,31-32H,3-4,8-9,14-15,19H2,1-2H3,(H,40,44)(H,41,43)/t21-,22+,31+,32-/m1/s1. The predicted octanol–water partition coefficient (Wildman–Crippen LogP) is 6.30. The number of esters is 1. The monoisotopic (exact) mass is 720 g/mol. The van der Waals surface area contributed by atoms with Gasteiger partial charge in [-0.2, -0.15) is 13.2 Å². The number of alkyl halides is 3. The van der Waals surface area contributed by atoms with E-state index in [0.29, 0.717) is 30.8 Å². The van der Waals surface area contributed by atoms with Gasteiger partial charge in [0, 0.05) is 23.4 Å². The minimum atomic E-state index is -5.63. The maximum Gasteiger partial charge on any atom is 0.501 e. The van der Waals surface area contributed by atoms with Gasteiger partial charge in [0.2, 0.25) is 5.91 Å². The number of unbranched alkanes of at least 4 members (excludes halogenated alkanes) is 1. The maximum absolute atomic E-state index is 15.3. The zero-order valence-electron chi connectivity index (χ0n) is 27.2. The fourth-order valence-corrected chi connectivity index (χ4v) is 7.38. The number of methoxy groups -OCH3 is 1. The summed E-state index contributed by atoms with van der Waals surface area (Å²) in [5.41, 5.74) is -5.16. The molecule has 10 nitrogen and oxygen atoms in total. The molecule has 2 fully saturated rings. The van der Waals surface area contributed by atoms with Gasteiger partial charge >= 0.3 is 11.5 Å². The first-order chi connectivity index (χ1) is 23.7. The van der Waals surface area contributed by atoms with Gasteiger partial charge in [0.25, 0.3) is 15.7 Å². The summed E-state index contributed by atoms with van der Waals surface area (Å²) in [6, 6.07) is 11.9. The van der Waals surface area contributed by atoms with Crippen LogP contribution in [0.5, 0.6) is 11.5 Å². The fourth-order valence-electron chi connectivity index (χ4n) is 6.57. The number of carbonyl (C=O) groups is 3. The Bertz CT molecular complexity index is 1850. The number of halogens is 4. The molecule has 5 rings (SSSR count). The second-order valence-corrected chi connectivity index (χ2v) is 14.2. The topological polar surface area (TPSA) is 137 Å². The molecule has 0 unspecified atom stereocenters. The van der Waals surface area contributed by atoms with E-state index >= 15 is 4.39 Å². The highest BCUT2D eigenvalue weighted by Crippen LogP contribution is 2.49. The Hall–Kier alpha value is -4.66. The van der Waals surface area contributed by atoms with Crippen LogP contribution in [0.1, 0.15) is 49.4 Å². The summed E-state index contributed by atoms with van der Waals surface area (Å²) >= 11 is 0. The van der Waals surface area contributed by atoms with Gasteiger partial charge in [-0.15, -0.1) is 0 Å². The van der Waals surface area contributed by atoms with Crippen LogP contribution >= 0.6 is 0 Å². The van der Waals surface area contributed by atoms with Crippen molar-refractivity contribution in [3.05, 3.63) is 72.0 Å². The SMILES string of the molecule is CCCCOC(=O)COc1ccc(-c2cc(C(=O)N[C@@H]3[C@H]4CC[C@H](C4)[C@@H]3C(=O)Nc3cccc(S(=O)(=O)C(F)(F)F)c3)c(OC)cc2F)cc1. The van der Waals surface area contributed by atoms with Gasteiger partial charge in [0.15, 0.2) is 6.61 Å². The smallest absolute Gasteiger partial charge is 0.496 e. The Morgan fingerprint density at radius 3 is 2.38 bits per heavy atom. The van der Waals surface area contributed by atoms with Gasteiger partial charge in [-0.05, 0) is 79.5 Å². The molecular formula is C35H36F4N2O8S. The van der Waals surface area contributed by atoms with E-state index in [-0.39, 0.29) is 41.0 Å². The summed E-state index contributed by atoms with van der Waals surface area (Å²) in [5, 5.41) is 5.45. The summed E-state index contributed by atoms with van der Waals surface area (Å²) in [6.45, 7) is 1.98. The van der Waals surface area contributed by atoms with Crippen molar-refractivity contribution in [2.75, 3.05) is 25.6 Å². The number of sulfone groups is 1. The molecule has 4 atom stereocenters. The molecule has 2 saturated carbocycles. The summed E-state index contributed by atoms with van der Waals surface area (Å²) in [7, 11) is -4.35. The van der Waals surface area contributed by atoms with Crippen LogP contribution in [0, 0.1) is 23.6 Å². The molecule has 0 radical (unpaired) electrons. The average Bonchev–Trinajstić information content (AvgIpc) is 3.69. The van der Waals surface area contributed by atoms with Crippen LogP contribution in [0.2, 0.25) is 0 Å². The highest BCUT2D eigenvalue weighted by atomic mass is 32.2. The van der Waals surface area contributed by atoms with Crippen molar-refractivity contribution in [2.24, 2.45) is 17.8 Å². The highest BCUT2D eigenvalue weighted by Gasteiger charge is 2.52. The number of rotatable bonds is 13. The quantitative estimate of drug-likeness (QED) is 0.119. The Morgan fingerprint density at radius 1 is 0.980 bits per heavy atom. The van der Waals surface area contributed by atoms with Crippen LogP contribution in [0.3, 0.4) is 0 Å². The first-order valence-corrected chi connectivity index (χ1v) is 17.5. The van der Waals surface area contributed by atoms with Crippen LogP contribution in [-0.4, -0.2) is 58.1 Å². The molecule has 15 heteroatoms. The average molecular weight is 721 g/mol. The van der Waals surface area contributed by atoms with E-state index < -0.39 is 55.8 Å². The molecule has 2 bridgehead atoms. The minimum Gasteiger partial charge on any atom is -0.496 e. The number of anilines is 1. The number of hydrogen-bond acceptors (Lipinski definition) is 8. The summed E-state index contributed by atoms with van der Waals surface area (Å²) in [6.07, 6.45) is 3.68. The van der Waals surface area contributed by atoms with Gasteiger partial charge in [-0.1, -0.05) is 31.5 Å². The number of amides is 2. The zero-order valence-corrected chi connectivity index (χ0v) is 28.0. The van der Waals surface area contributed by atoms with Crippen LogP contribution in [0.15, 0.2) is 65.6 Å². The van der Waals surface area contributed by atoms with Crippen molar-refractivity contribution in [1.82, 2.24) is 5.32 Å². The lowest BCUT2D eigenvalue weighted by atomic mass is 9.83. The minimum absolute atomic E-state index is 0.00559. The van der Waals surface area contributed by atoms with Crippen molar-refractivity contribution >= 4 is 33.3 Å². The van der Waals surface area contributed by atoms with E-state index in [0.717, 1.165) is 43.5 Å². The molecule has 2 N–H and O–H groups in total.